The van der Waals surface area contributed by atoms with Crippen molar-refractivity contribution in [3.63, 3.8) is 0 Å². The summed E-state index contributed by atoms with van der Waals surface area (Å²) in [4.78, 5) is 2.58. The molecule has 0 spiro atoms. The Labute approximate surface area is 106 Å². The van der Waals surface area contributed by atoms with Gasteiger partial charge in [-0.05, 0) is 43.6 Å². The van der Waals surface area contributed by atoms with Crippen LogP contribution in [0.25, 0.3) is 6.08 Å². The van der Waals surface area contributed by atoms with Crippen LogP contribution in [0.5, 0.6) is 0 Å². The average Bonchev–Trinajstić information content (AvgIpc) is 2.76. The van der Waals surface area contributed by atoms with Crippen LogP contribution in [0.4, 0.5) is 0 Å². The Kier molecular flexibility index (Phi) is 3.01. The van der Waals surface area contributed by atoms with Crippen LogP contribution in [0.3, 0.4) is 0 Å². The Hall–Kier alpha value is -0.740. The summed E-state index contributed by atoms with van der Waals surface area (Å²) in [6.45, 7) is 4.47. The molecule has 0 saturated carbocycles. The van der Waals surface area contributed by atoms with Crippen molar-refractivity contribution in [2.24, 2.45) is 5.92 Å². The van der Waals surface area contributed by atoms with Crippen molar-refractivity contribution in [2.45, 2.75) is 25.1 Å². The molecule has 1 atom stereocenters. The highest BCUT2D eigenvalue weighted by molar-refractivity contribution is 7.99. The van der Waals surface area contributed by atoms with Crippen molar-refractivity contribution >= 4 is 17.8 Å². The van der Waals surface area contributed by atoms with Gasteiger partial charge in [0.25, 0.3) is 0 Å². The first-order valence-electron chi connectivity index (χ1n) is 6.19. The van der Waals surface area contributed by atoms with Crippen molar-refractivity contribution in [2.75, 3.05) is 19.3 Å². The minimum absolute atomic E-state index is 0.549. The van der Waals surface area contributed by atoms with Gasteiger partial charge in [0.2, 0.25) is 0 Å². The summed E-state index contributed by atoms with van der Waals surface area (Å²) in [5.41, 5.74) is 2.49. The molecule has 1 aromatic heterocycles. The molecule has 92 valence electrons. The first-order valence-corrected chi connectivity index (χ1v) is 7.48. The Morgan fingerprint density at radius 1 is 1.47 bits per heavy atom. The van der Waals surface area contributed by atoms with Gasteiger partial charge in [-0.15, -0.1) is 11.8 Å². The zero-order valence-corrected chi connectivity index (χ0v) is 11.2. The van der Waals surface area contributed by atoms with Crippen molar-refractivity contribution in [1.29, 1.82) is 0 Å². The molecular formula is C13H18N2OS. The van der Waals surface area contributed by atoms with E-state index in [1.54, 1.807) is 0 Å². The number of hydrogen-bond donors (Lipinski definition) is 0. The molecule has 0 radical (unpaired) electrons. The molecule has 3 aliphatic rings. The van der Waals surface area contributed by atoms with E-state index in [4.69, 9.17) is 4.52 Å². The van der Waals surface area contributed by atoms with E-state index in [0.29, 0.717) is 5.37 Å². The normalized spacial score (nSPS) is 34.5. The molecule has 3 fully saturated rings. The van der Waals surface area contributed by atoms with Gasteiger partial charge >= 0.3 is 0 Å². The van der Waals surface area contributed by atoms with Crippen LogP contribution in [0.1, 0.15) is 24.3 Å². The van der Waals surface area contributed by atoms with Gasteiger partial charge in [-0.1, -0.05) is 5.16 Å². The number of hydrogen-bond acceptors (Lipinski definition) is 4. The number of aromatic nitrogens is 1. The first-order chi connectivity index (χ1) is 8.28. The van der Waals surface area contributed by atoms with Gasteiger partial charge in [-0.2, -0.15) is 0 Å². The lowest BCUT2D eigenvalue weighted by atomic mass is 9.83. The minimum Gasteiger partial charge on any atom is -0.357 e. The Balaban J connectivity index is 1.92. The zero-order chi connectivity index (χ0) is 11.8. The number of rotatable bonds is 2. The van der Waals surface area contributed by atoms with Gasteiger partial charge in [-0.3, -0.25) is 4.90 Å². The smallest absolute Gasteiger partial charge is 0.159 e. The molecule has 17 heavy (non-hydrogen) atoms. The lowest BCUT2D eigenvalue weighted by Gasteiger charge is -2.46. The van der Waals surface area contributed by atoms with Gasteiger partial charge in [0.15, 0.2) is 5.76 Å². The summed E-state index contributed by atoms with van der Waals surface area (Å²) < 4.78 is 5.31. The van der Waals surface area contributed by atoms with Crippen molar-refractivity contribution in [1.82, 2.24) is 10.1 Å². The zero-order valence-electron chi connectivity index (χ0n) is 10.3. The van der Waals surface area contributed by atoms with E-state index >= 15 is 0 Å². The average molecular weight is 250 g/mol. The number of aryl methyl sites for hydroxylation is 1. The van der Waals surface area contributed by atoms with Gasteiger partial charge < -0.3 is 4.52 Å². The summed E-state index contributed by atoms with van der Waals surface area (Å²) in [5, 5.41) is 4.50. The maximum atomic E-state index is 5.31. The molecule has 3 aliphatic heterocycles. The number of nitrogens with zero attached hydrogens (tertiary/aromatic N) is 2. The number of piperidine rings is 3. The van der Waals surface area contributed by atoms with Crippen molar-refractivity contribution < 1.29 is 4.52 Å². The Bertz CT molecular complexity index is 432. The topological polar surface area (TPSA) is 29.3 Å². The third kappa shape index (κ3) is 2.04. The standard InChI is InChI=1S/C13H18N2OS/c1-9-7-11(16-14-9)8-12-10-3-5-15(6-4-10)13(12)17-2/h7-8,10,13H,3-6H2,1-2H3/b12-8-/t13-/m1/s1. The van der Waals surface area contributed by atoms with Crippen LogP contribution < -0.4 is 0 Å². The maximum absolute atomic E-state index is 5.31. The number of fused-ring (bicyclic) bond motifs is 3. The van der Waals surface area contributed by atoms with Crippen LogP contribution in [-0.4, -0.2) is 34.8 Å². The minimum atomic E-state index is 0.549. The highest BCUT2D eigenvalue weighted by atomic mass is 32.2. The van der Waals surface area contributed by atoms with E-state index in [1.165, 1.54) is 31.5 Å². The molecular weight excluding hydrogens is 232 g/mol. The van der Waals surface area contributed by atoms with E-state index in [0.717, 1.165) is 17.4 Å². The molecule has 0 amide bonds. The van der Waals surface area contributed by atoms with Gasteiger partial charge in [0.05, 0.1) is 11.1 Å². The second-order valence-corrected chi connectivity index (χ2v) is 5.83. The molecule has 0 aliphatic carbocycles. The molecule has 0 unspecified atom stereocenters. The quantitative estimate of drug-likeness (QED) is 0.807. The highest BCUT2D eigenvalue weighted by Gasteiger charge is 2.37. The second kappa shape index (κ2) is 4.50. The van der Waals surface area contributed by atoms with E-state index in [2.05, 4.69) is 22.4 Å². The Morgan fingerprint density at radius 2 is 2.24 bits per heavy atom. The monoisotopic (exact) mass is 250 g/mol. The lowest BCUT2D eigenvalue weighted by Crippen LogP contribution is -2.48. The maximum Gasteiger partial charge on any atom is 0.159 e. The summed E-state index contributed by atoms with van der Waals surface area (Å²) in [6, 6.07) is 2.02. The van der Waals surface area contributed by atoms with Gasteiger partial charge in [0, 0.05) is 19.2 Å². The molecule has 2 bridgehead atoms. The van der Waals surface area contributed by atoms with E-state index in [1.807, 2.05) is 24.8 Å². The van der Waals surface area contributed by atoms with Crippen LogP contribution in [0.2, 0.25) is 0 Å². The van der Waals surface area contributed by atoms with Crippen LogP contribution >= 0.6 is 11.8 Å². The SMILES string of the molecule is CS[C@@H]1/C(=C\c2cc(C)no2)C2CCN1CC2. The second-order valence-electron chi connectivity index (χ2n) is 4.91. The van der Waals surface area contributed by atoms with Crippen LogP contribution in [0.15, 0.2) is 16.2 Å². The number of thioether (sulfide) groups is 1. The molecule has 4 rings (SSSR count). The third-order valence-corrected chi connectivity index (χ3v) is 4.81. The molecule has 4 heterocycles. The van der Waals surface area contributed by atoms with Gasteiger partial charge in [0.1, 0.15) is 0 Å². The van der Waals surface area contributed by atoms with E-state index < -0.39 is 0 Å². The summed E-state index contributed by atoms with van der Waals surface area (Å²) in [5.74, 6) is 1.66. The molecule has 3 nitrogen and oxygen atoms in total. The largest absolute Gasteiger partial charge is 0.357 e. The van der Waals surface area contributed by atoms with E-state index in [-0.39, 0.29) is 0 Å². The summed E-state index contributed by atoms with van der Waals surface area (Å²) in [6.07, 6.45) is 7.02. The molecule has 3 saturated heterocycles. The fourth-order valence-corrected chi connectivity index (χ4v) is 4.01. The van der Waals surface area contributed by atoms with Crippen molar-refractivity contribution in [3.8, 4) is 0 Å². The molecule has 1 aromatic rings. The first kappa shape index (κ1) is 11.4. The lowest BCUT2D eigenvalue weighted by molar-refractivity contribution is 0.147. The predicted molar refractivity (Wildman–Crippen MR) is 70.8 cm³/mol. The molecule has 0 aromatic carbocycles. The summed E-state index contributed by atoms with van der Waals surface area (Å²) >= 11 is 1.94. The fourth-order valence-electron chi connectivity index (χ4n) is 2.97. The van der Waals surface area contributed by atoms with Gasteiger partial charge in [-0.25, -0.2) is 0 Å². The predicted octanol–water partition coefficient (Wildman–Crippen LogP) is 2.78. The summed E-state index contributed by atoms with van der Waals surface area (Å²) in [7, 11) is 0. The van der Waals surface area contributed by atoms with Crippen LogP contribution in [0, 0.1) is 12.8 Å². The third-order valence-electron chi connectivity index (χ3n) is 3.80. The Morgan fingerprint density at radius 3 is 2.82 bits per heavy atom. The van der Waals surface area contributed by atoms with Crippen molar-refractivity contribution in [3.05, 3.63) is 23.1 Å². The molecule has 4 heteroatoms. The molecule has 0 N–H and O–H groups in total. The van der Waals surface area contributed by atoms with Crippen LogP contribution in [-0.2, 0) is 0 Å². The van der Waals surface area contributed by atoms with E-state index in [9.17, 15) is 0 Å². The highest BCUT2D eigenvalue weighted by Crippen LogP contribution is 2.41. The fraction of sp³-hybridized carbons (Fsp3) is 0.615.